The van der Waals surface area contributed by atoms with E-state index in [1.165, 1.54) is 17.0 Å². The third-order valence-electron chi connectivity index (χ3n) is 4.39. The van der Waals surface area contributed by atoms with Crippen LogP contribution < -0.4 is 4.72 Å². The van der Waals surface area contributed by atoms with Gasteiger partial charge in [-0.1, -0.05) is 24.3 Å². The Morgan fingerprint density at radius 2 is 1.74 bits per heavy atom. The highest BCUT2D eigenvalue weighted by Crippen LogP contribution is 2.20. The molecule has 0 aliphatic carbocycles. The van der Waals surface area contributed by atoms with E-state index in [1.54, 1.807) is 36.4 Å². The van der Waals surface area contributed by atoms with Gasteiger partial charge in [0.2, 0.25) is 10.0 Å². The van der Waals surface area contributed by atoms with Gasteiger partial charge in [-0.15, -0.1) is 10.1 Å². The lowest BCUT2D eigenvalue weighted by atomic mass is 10.1. The number of aliphatic hydroxyl groups excluding tert-OH is 1. The number of nitrogens with one attached hydrogen (secondary N) is 1. The molecule has 0 aliphatic rings. The van der Waals surface area contributed by atoms with Crippen molar-refractivity contribution in [3.8, 4) is 0 Å². The van der Waals surface area contributed by atoms with Crippen molar-refractivity contribution in [3.63, 3.8) is 0 Å². The van der Waals surface area contributed by atoms with E-state index < -0.39 is 21.2 Å². The van der Waals surface area contributed by atoms with Crippen LogP contribution in [0.1, 0.15) is 41.4 Å². The van der Waals surface area contributed by atoms with Gasteiger partial charge in [-0.3, -0.25) is 9.52 Å². The standard InChI is InChI=1S/C20H25N3O7S/c1-14(2)22(20(25)17-6-4-15(5-7-17)13-30-23(26)27)12-19(24)16-8-10-18(11-9-16)21-31(3,28)29/h4-11,14,19,21,24H,12-13H2,1-3H3. The third-order valence-corrected chi connectivity index (χ3v) is 5.00. The lowest BCUT2D eigenvalue weighted by molar-refractivity contribution is -0.763. The maximum atomic E-state index is 12.9. The molecule has 1 unspecified atom stereocenters. The quantitative estimate of drug-likeness (QED) is 0.417. The minimum atomic E-state index is -3.40. The van der Waals surface area contributed by atoms with Crippen LogP contribution in [-0.2, 0) is 21.5 Å². The fourth-order valence-electron chi connectivity index (χ4n) is 2.84. The molecule has 10 nitrogen and oxygen atoms in total. The topological polar surface area (TPSA) is 139 Å². The van der Waals surface area contributed by atoms with E-state index in [9.17, 15) is 28.4 Å². The number of amides is 1. The van der Waals surface area contributed by atoms with E-state index in [2.05, 4.69) is 9.56 Å². The summed E-state index contributed by atoms with van der Waals surface area (Å²) in [4.78, 5) is 29.0. The van der Waals surface area contributed by atoms with Crippen LogP contribution in [0.4, 0.5) is 5.69 Å². The predicted octanol–water partition coefficient (Wildman–Crippen LogP) is 2.35. The minimum absolute atomic E-state index is 0.0293. The van der Waals surface area contributed by atoms with Gasteiger partial charge in [0.15, 0.2) is 0 Å². The maximum Gasteiger partial charge on any atom is 0.294 e. The monoisotopic (exact) mass is 451 g/mol. The van der Waals surface area contributed by atoms with Gasteiger partial charge in [-0.25, -0.2) is 8.42 Å². The minimum Gasteiger partial charge on any atom is -0.387 e. The number of carbonyl (C=O) groups is 1. The molecule has 2 aromatic rings. The predicted molar refractivity (Wildman–Crippen MR) is 114 cm³/mol. The molecule has 2 N–H and O–H groups in total. The molecule has 0 heterocycles. The van der Waals surface area contributed by atoms with Crippen LogP contribution in [0.3, 0.4) is 0 Å². The molecule has 2 aromatic carbocycles. The zero-order chi connectivity index (χ0) is 23.2. The molecule has 2 rings (SSSR count). The summed E-state index contributed by atoms with van der Waals surface area (Å²) >= 11 is 0. The fraction of sp³-hybridized carbons (Fsp3) is 0.350. The number of hydrogen-bond donors (Lipinski definition) is 2. The second kappa shape index (κ2) is 10.2. The van der Waals surface area contributed by atoms with Crippen molar-refractivity contribution in [1.29, 1.82) is 0 Å². The van der Waals surface area contributed by atoms with E-state index >= 15 is 0 Å². The first kappa shape index (κ1) is 24.1. The average molecular weight is 452 g/mol. The third kappa shape index (κ3) is 7.54. The van der Waals surface area contributed by atoms with Gasteiger partial charge >= 0.3 is 0 Å². The molecule has 1 amide bonds. The Bertz CT molecular complexity index is 1010. The summed E-state index contributed by atoms with van der Waals surface area (Å²) in [5.41, 5.74) is 1.83. The molecule has 11 heteroatoms. The summed E-state index contributed by atoms with van der Waals surface area (Å²) < 4.78 is 24.9. The van der Waals surface area contributed by atoms with E-state index in [-0.39, 0.29) is 25.1 Å². The van der Waals surface area contributed by atoms with Crippen LogP contribution in [0.15, 0.2) is 48.5 Å². The van der Waals surface area contributed by atoms with Crippen molar-refractivity contribution in [3.05, 3.63) is 75.3 Å². The Hall–Kier alpha value is -3.18. The molecule has 0 radical (unpaired) electrons. The highest BCUT2D eigenvalue weighted by Gasteiger charge is 2.22. The Morgan fingerprint density at radius 1 is 1.16 bits per heavy atom. The largest absolute Gasteiger partial charge is 0.387 e. The Kier molecular flexibility index (Phi) is 7.95. The second-order valence-electron chi connectivity index (χ2n) is 7.26. The van der Waals surface area contributed by atoms with E-state index in [4.69, 9.17) is 0 Å². The molecule has 0 aromatic heterocycles. The zero-order valence-electron chi connectivity index (χ0n) is 17.4. The highest BCUT2D eigenvalue weighted by molar-refractivity contribution is 7.92. The molecule has 0 bridgehead atoms. The first-order valence-electron chi connectivity index (χ1n) is 9.39. The van der Waals surface area contributed by atoms with E-state index in [0.717, 1.165) is 6.26 Å². The summed E-state index contributed by atoms with van der Waals surface area (Å²) in [6, 6.07) is 12.3. The molecule has 31 heavy (non-hydrogen) atoms. The molecule has 0 saturated carbocycles. The van der Waals surface area contributed by atoms with E-state index in [1.807, 2.05) is 13.8 Å². The van der Waals surface area contributed by atoms with E-state index in [0.29, 0.717) is 22.4 Å². The van der Waals surface area contributed by atoms with Crippen LogP contribution in [0.2, 0.25) is 0 Å². The van der Waals surface area contributed by atoms with Gasteiger partial charge in [0.25, 0.3) is 11.0 Å². The van der Waals surface area contributed by atoms with Gasteiger partial charge < -0.3 is 14.8 Å². The molecule has 0 aliphatic heterocycles. The number of anilines is 1. The summed E-state index contributed by atoms with van der Waals surface area (Å²) in [5.74, 6) is -0.300. The summed E-state index contributed by atoms with van der Waals surface area (Å²) in [7, 11) is -3.40. The van der Waals surface area contributed by atoms with Gasteiger partial charge in [-0.2, -0.15) is 0 Å². The van der Waals surface area contributed by atoms with Crippen LogP contribution in [-0.4, -0.2) is 48.3 Å². The summed E-state index contributed by atoms with van der Waals surface area (Å²) in [6.45, 7) is 3.46. The van der Waals surface area contributed by atoms with Crippen molar-refractivity contribution in [2.45, 2.75) is 32.6 Å². The van der Waals surface area contributed by atoms with Crippen LogP contribution in [0, 0.1) is 10.1 Å². The number of benzene rings is 2. The maximum absolute atomic E-state index is 12.9. The summed E-state index contributed by atoms with van der Waals surface area (Å²) in [5, 5.41) is 20.0. The second-order valence-corrected chi connectivity index (χ2v) is 9.01. The van der Waals surface area contributed by atoms with Crippen molar-refractivity contribution in [2.24, 2.45) is 0 Å². The van der Waals surface area contributed by atoms with Gasteiger partial charge in [0.1, 0.15) is 6.61 Å². The Balaban J connectivity index is 2.09. The number of rotatable bonds is 10. The van der Waals surface area contributed by atoms with Crippen LogP contribution in [0.25, 0.3) is 0 Å². The number of aliphatic hydroxyl groups is 1. The number of carbonyl (C=O) groups excluding carboxylic acids is 1. The van der Waals surface area contributed by atoms with Crippen molar-refractivity contribution < 1.29 is 28.2 Å². The Labute approximate surface area is 180 Å². The van der Waals surface area contributed by atoms with Crippen molar-refractivity contribution >= 4 is 21.6 Å². The highest BCUT2D eigenvalue weighted by atomic mass is 32.2. The molecule has 0 fully saturated rings. The van der Waals surface area contributed by atoms with Gasteiger partial charge in [-0.05, 0) is 49.2 Å². The molecular formula is C20H25N3O7S. The SMILES string of the molecule is CC(C)N(CC(O)c1ccc(NS(C)(=O)=O)cc1)C(=O)c1ccc(CO[N+](=O)[O-])cc1. The number of nitrogens with zero attached hydrogens (tertiary/aromatic N) is 2. The normalized spacial score (nSPS) is 12.3. The zero-order valence-corrected chi connectivity index (χ0v) is 18.2. The molecule has 1 atom stereocenters. The van der Waals surface area contributed by atoms with Crippen molar-refractivity contribution in [1.82, 2.24) is 4.90 Å². The Morgan fingerprint density at radius 3 is 2.23 bits per heavy atom. The molecule has 0 spiro atoms. The molecule has 0 saturated heterocycles. The fourth-order valence-corrected chi connectivity index (χ4v) is 3.41. The number of hydrogen-bond acceptors (Lipinski definition) is 7. The van der Waals surface area contributed by atoms with Crippen LogP contribution in [0.5, 0.6) is 0 Å². The molecule has 168 valence electrons. The lowest BCUT2D eigenvalue weighted by Crippen LogP contribution is -2.40. The van der Waals surface area contributed by atoms with Gasteiger partial charge in [0.05, 0.1) is 18.9 Å². The number of sulfonamides is 1. The van der Waals surface area contributed by atoms with Crippen molar-refractivity contribution in [2.75, 3.05) is 17.5 Å². The lowest BCUT2D eigenvalue weighted by Gasteiger charge is -2.29. The first-order chi connectivity index (χ1) is 14.5. The smallest absolute Gasteiger partial charge is 0.294 e. The first-order valence-corrected chi connectivity index (χ1v) is 11.3. The van der Waals surface area contributed by atoms with Crippen LogP contribution >= 0.6 is 0 Å². The molecular weight excluding hydrogens is 426 g/mol. The average Bonchev–Trinajstić information content (AvgIpc) is 2.69. The van der Waals surface area contributed by atoms with Gasteiger partial charge in [0, 0.05) is 17.3 Å². The summed E-state index contributed by atoms with van der Waals surface area (Å²) in [6.07, 6.45) is 0.0652.